The van der Waals surface area contributed by atoms with Gasteiger partial charge in [-0.15, -0.1) is 30.6 Å². The molecule has 0 radical (unpaired) electrons. The van der Waals surface area contributed by atoms with Gasteiger partial charge in [0.05, 0.1) is 6.54 Å². The van der Waals surface area contributed by atoms with Crippen LogP contribution in [0.2, 0.25) is 0 Å². The lowest BCUT2D eigenvalue weighted by atomic mass is 10.2. The maximum absolute atomic E-state index is 12.1. The van der Waals surface area contributed by atoms with Crippen molar-refractivity contribution in [2.75, 3.05) is 32.4 Å². The van der Waals surface area contributed by atoms with Gasteiger partial charge in [-0.25, -0.2) is 0 Å². The van der Waals surface area contributed by atoms with Crippen LogP contribution in [0.25, 0.3) is 0 Å². The minimum absolute atomic E-state index is 0. The summed E-state index contributed by atoms with van der Waals surface area (Å²) in [7, 11) is 1.16. The molecular weight excluding hydrogens is 433 g/mol. The van der Waals surface area contributed by atoms with Gasteiger partial charge in [0.1, 0.15) is 0 Å². The molecule has 1 aromatic rings. The van der Waals surface area contributed by atoms with Crippen LogP contribution in [-0.4, -0.2) is 47.5 Å². The van der Waals surface area contributed by atoms with E-state index >= 15 is 0 Å². The van der Waals surface area contributed by atoms with Crippen molar-refractivity contribution in [2.45, 2.75) is 25.5 Å². The Hall–Kier alpha value is -0.890. The summed E-state index contributed by atoms with van der Waals surface area (Å²) in [5.74, 6) is 2.07. The monoisotopic (exact) mass is 463 g/mol. The standard InChI is InChI=1S/C18H29N3OS.HI/c1-4-6-10-14-21(3)18(19-5-2)20-13-15-23(22)16-17-11-8-7-9-12-17;/h4,7-9,11-12H,1,5-6,10,13-16H2,2-3H3,(H,19,20);1H. The van der Waals surface area contributed by atoms with E-state index in [0.29, 0.717) is 18.1 Å². The second kappa shape index (κ2) is 14.5. The van der Waals surface area contributed by atoms with Crippen molar-refractivity contribution in [3.8, 4) is 0 Å². The Balaban J connectivity index is 0.00000529. The van der Waals surface area contributed by atoms with Gasteiger partial charge >= 0.3 is 0 Å². The number of allylic oxidation sites excluding steroid dienone is 1. The largest absolute Gasteiger partial charge is 0.357 e. The molecule has 1 aromatic carbocycles. The van der Waals surface area contributed by atoms with Gasteiger partial charge < -0.3 is 10.2 Å². The first-order valence-corrected chi connectivity index (χ1v) is 9.65. The van der Waals surface area contributed by atoms with E-state index in [9.17, 15) is 4.21 Å². The highest BCUT2D eigenvalue weighted by Crippen LogP contribution is 2.03. The number of nitrogens with zero attached hydrogens (tertiary/aromatic N) is 2. The predicted octanol–water partition coefficient (Wildman–Crippen LogP) is 3.42. The first-order chi connectivity index (χ1) is 11.2. The van der Waals surface area contributed by atoms with Crippen LogP contribution in [0.4, 0.5) is 0 Å². The van der Waals surface area contributed by atoms with E-state index in [1.807, 2.05) is 43.5 Å². The number of hydrogen-bond acceptors (Lipinski definition) is 2. The number of nitrogens with one attached hydrogen (secondary N) is 1. The van der Waals surface area contributed by atoms with Crippen molar-refractivity contribution in [2.24, 2.45) is 4.99 Å². The maximum Gasteiger partial charge on any atom is 0.193 e. The van der Waals surface area contributed by atoms with E-state index in [0.717, 1.165) is 37.5 Å². The molecule has 4 nitrogen and oxygen atoms in total. The zero-order valence-electron chi connectivity index (χ0n) is 14.7. The molecule has 1 N–H and O–H groups in total. The van der Waals surface area contributed by atoms with Crippen molar-refractivity contribution in [3.05, 3.63) is 48.6 Å². The minimum atomic E-state index is -0.878. The zero-order valence-corrected chi connectivity index (χ0v) is 17.9. The average molecular weight is 463 g/mol. The highest BCUT2D eigenvalue weighted by molar-refractivity contribution is 14.0. The van der Waals surface area contributed by atoms with Gasteiger partial charge in [-0.3, -0.25) is 9.20 Å². The quantitative estimate of drug-likeness (QED) is 0.190. The fourth-order valence-electron chi connectivity index (χ4n) is 2.13. The molecule has 1 atom stereocenters. The number of unbranched alkanes of at least 4 members (excludes halogenated alkanes) is 1. The maximum atomic E-state index is 12.1. The molecule has 0 spiro atoms. The molecule has 1 rings (SSSR count). The van der Waals surface area contributed by atoms with Gasteiger partial charge in [0.25, 0.3) is 0 Å². The van der Waals surface area contributed by atoms with Crippen LogP contribution >= 0.6 is 24.0 Å². The highest BCUT2D eigenvalue weighted by atomic mass is 127. The van der Waals surface area contributed by atoms with Crippen molar-refractivity contribution >= 4 is 40.7 Å². The summed E-state index contributed by atoms with van der Waals surface area (Å²) >= 11 is 0. The van der Waals surface area contributed by atoms with E-state index in [1.54, 1.807) is 0 Å². The highest BCUT2D eigenvalue weighted by Gasteiger charge is 2.06. The zero-order chi connectivity index (χ0) is 16.9. The summed E-state index contributed by atoms with van der Waals surface area (Å²) in [4.78, 5) is 6.70. The molecule has 0 amide bonds. The summed E-state index contributed by atoms with van der Waals surface area (Å²) in [6.07, 6.45) is 4.00. The minimum Gasteiger partial charge on any atom is -0.357 e. The van der Waals surface area contributed by atoms with Gasteiger partial charge in [-0.1, -0.05) is 36.4 Å². The van der Waals surface area contributed by atoms with Gasteiger partial charge in [-0.2, -0.15) is 0 Å². The molecule has 24 heavy (non-hydrogen) atoms. The van der Waals surface area contributed by atoms with Gasteiger partial charge in [-0.05, 0) is 25.3 Å². The van der Waals surface area contributed by atoms with E-state index in [2.05, 4.69) is 28.7 Å². The summed E-state index contributed by atoms with van der Waals surface area (Å²) in [5, 5.41) is 3.28. The molecular formula is C18H30IN3OS. The van der Waals surface area contributed by atoms with Crippen LogP contribution in [-0.2, 0) is 16.6 Å². The number of guanidine groups is 1. The Morgan fingerprint density at radius 3 is 2.71 bits per heavy atom. The SMILES string of the molecule is C=CCCCN(C)C(=NCCS(=O)Cc1ccccc1)NCC.I. The Bertz CT molecular complexity index is 508. The number of aliphatic imine (C=N–C) groups is 1. The molecule has 1 unspecified atom stereocenters. The molecule has 0 aliphatic rings. The van der Waals surface area contributed by atoms with Gasteiger partial charge in [0.15, 0.2) is 5.96 Å². The topological polar surface area (TPSA) is 44.7 Å². The second-order valence-electron chi connectivity index (χ2n) is 5.36. The van der Waals surface area contributed by atoms with Crippen LogP contribution in [0.3, 0.4) is 0 Å². The second-order valence-corrected chi connectivity index (χ2v) is 6.94. The Morgan fingerprint density at radius 2 is 2.08 bits per heavy atom. The van der Waals surface area contributed by atoms with E-state index in [1.165, 1.54) is 0 Å². The first kappa shape index (κ1) is 23.1. The summed E-state index contributed by atoms with van der Waals surface area (Å²) in [6, 6.07) is 9.96. The summed E-state index contributed by atoms with van der Waals surface area (Å²) in [6.45, 7) is 8.14. The third-order valence-corrected chi connectivity index (χ3v) is 4.64. The summed E-state index contributed by atoms with van der Waals surface area (Å²) < 4.78 is 12.1. The molecule has 0 saturated heterocycles. The van der Waals surface area contributed by atoms with E-state index < -0.39 is 10.8 Å². The molecule has 0 aliphatic heterocycles. The van der Waals surface area contributed by atoms with Crippen LogP contribution in [0.5, 0.6) is 0 Å². The third kappa shape index (κ3) is 10.1. The fourth-order valence-corrected chi connectivity index (χ4v) is 3.14. The first-order valence-electron chi connectivity index (χ1n) is 8.16. The molecule has 0 heterocycles. The van der Waals surface area contributed by atoms with Crippen molar-refractivity contribution in [3.63, 3.8) is 0 Å². The average Bonchev–Trinajstić information content (AvgIpc) is 2.55. The van der Waals surface area contributed by atoms with Crippen LogP contribution in [0.15, 0.2) is 48.0 Å². The van der Waals surface area contributed by atoms with Crippen molar-refractivity contribution < 1.29 is 4.21 Å². The number of benzene rings is 1. The van der Waals surface area contributed by atoms with Crippen molar-refractivity contribution in [1.82, 2.24) is 10.2 Å². The lowest BCUT2D eigenvalue weighted by Gasteiger charge is -2.21. The Labute approximate surface area is 166 Å². The smallest absolute Gasteiger partial charge is 0.193 e. The molecule has 6 heteroatoms. The molecule has 0 saturated carbocycles. The third-order valence-electron chi connectivity index (χ3n) is 3.35. The van der Waals surface area contributed by atoms with Crippen LogP contribution in [0, 0.1) is 0 Å². The Kier molecular flexibility index (Phi) is 13.9. The van der Waals surface area contributed by atoms with Crippen LogP contribution < -0.4 is 5.32 Å². The molecule has 0 bridgehead atoms. The summed E-state index contributed by atoms with van der Waals surface area (Å²) in [5.41, 5.74) is 1.11. The molecule has 0 fully saturated rings. The van der Waals surface area contributed by atoms with Gasteiger partial charge in [0, 0.05) is 42.4 Å². The molecule has 0 aromatic heterocycles. The Morgan fingerprint density at radius 1 is 1.38 bits per heavy atom. The number of hydrogen-bond donors (Lipinski definition) is 1. The lowest BCUT2D eigenvalue weighted by molar-refractivity contribution is 0.470. The fraction of sp³-hybridized carbons (Fsp3) is 0.500. The number of halogens is 1. The number of rotatable bonds is 10. The van der Waals surface area contributed by atoms with Crippen LogP contribution in [0.1, 0.15) is 25.3 Å². The van der Waals surface area contributed by atoms with Crippen molar-refractivity contribution in [1.29, 1.82) is 0 Å². The predicted molar refractivity (Wildman–Crippen MR) is 117 cm³/mol. The van der Waals surface area contributed by atoms with E-state index in [-0.39, 0.29) is 24.0 Å². The molecule has 136 valence electrons. The lowest BCUT2D eigenvalue weighted by Crippen LogP contribution is -2.39. The molecule has 0 aliphatic carbocycles. The normalized spacial score (nSPS) is 12.2. The van der Waals surface area contributed by atoms with E-state index in [4.69, 9.17) is 0 Å². The van der Waals surface area contributed by atoms with Gasteiger partial charge in [0.2, 0.25) is 0 Å².